The van der Waals surface area contributed by atoms with Crippen LogP contribution in [0.15, 0.2) is 82.6 Å². The van der Waals surface area contributed by atoms with Gasteiger partial charge >= 0.3 is 0 Å². The van der Waals surface area contributed by atoms with Gasteiger partial charge in [-0.15, -0.1) is 11.3 Å². The Kier molecular flexibility index (Phi) is 6.45. The smallest absolute Gasteiger partial charge is 0.211 e. The molecule has 6 nitrogen and oxygen atoms in total. The number of rotatable bonds is 7. The number of nitrogens with one attached hydrogen (secondary N) is 1. The van der Waals surface area contributed by atoms with Crippen LogP contribution in [0.5, 0.6) is 5.75 Å². The Morgan fingerprint density at radius 1 is 0.882 bits per heavy atom. The lowest BCUT2D eigenvalue weighted by Gasteiger charge is -2.10. The molecule has 1 heterocycles. The fourth-order valence-electron chi connectivity index (χ4n) is 3.42. The van der Waals surface area contributed by atoms with Crippen LogP contribution in [0.1, 0.15) is 26.4 Å². The van der Waals surface area contributed by atoms with Crippen molar-refractivity contribution in [2.75, 3.05) is 18.2 Å². The Bertz CT molecular complexity index is 1440. The van der Waals surface area contributed by atoms with Crippen LogP contribution < -0.4 is 15.8 Å². The average molecular weight is 493 g/mol. The number of methoxy groups -OCH3 is 1. The minimum Gasteiger partial charge on any atom is -0.497 e. The number of nitrogen functional groups attached to an aromatic ring is 1. The van der Waals surface area contributed by atoms with Crippen LogP contribution in [0.25, 0.3) is 0 Å². The zero-order chi connectivity index (χ0) is 24.5. The van der Waals surface area contributed by atoms with Crippen LogP contribution in [-0.4, -0.2) is 21.3 Å². The summed E-state index contributed by atoms with van der Waals surface area (Å²) in [6.45, 7) is 3.84. The van der Waals surface area contributed by atoms with Gasteiger partial charge in [-0.1, -0.05) is 35.4 Å². The van der Waals surface area contributed by atoms with Gasteiger partial charge in [0.1, 0.15) is 20.5 Å². The topological polar surface area (TPSA) is 98.5 Å². The summed E-state index contributed by atoms with van der Waals surface area (Å²) in [6, 6.07) is 20.7. The first kappa shape index (κ1) is 23.5. The first-order chi connectivity index (χ1) is 16.2. The molecule has 174 valence electrons. The zero-order valence-corrected chi connectivity index (χ0v) is 20.6. The van der Waals surface area contributed by atoms with Gasteiger partial charge in [0.2, 0.25) is 15.6 Å². The molecular formula is C26H24N2O4S2. The molecule has 34 heavy (non-hydrogen) atoms. The lowest BCUT2D eigenvalue weighted by molar-refractivity contribution is 0.104. The minimum absolute atomic E-state index is 0.0685. The Morgan fingerprint density at radius 3 is 2.00 bits per heavy atom. The number of nitrogens with two attached hydrogens (primary N) is 1. The van der Waals surface area contributed by atoms with E-state index in [9.17, 15) is 13.2 Å². The van der Waals surface area contributed by atoms with E-state index >= 15 is 0 Å². The molecule has 0 saturated carbocycles. The molecule has 3 N–H and O–H groups in total. The molecule has 0 fully saturated rings. The molecule has 1 aromatic heterocycles. The molecule has 0 atom stereocenters. The summed E-state index contributed by atoms with van der Waals surface area (Å²) >= 11 is 1.03. The maximum atomic E-state index is 13.6. The minimum atomic E-state index is -4.00. The predicted octanol–water partition coefficient (Wildman–Crippen LogP) is 5.76. The maximum Gasteiger partial charge on any atom is 0.211 e. The lowest BCUT2D eigenvalue weighted by atomic mass is 10.1. The van der Waals surface area contributed by atoms with Gasteiger partial charge in [-0.25, -0.2) is 8.42 Å². The number of hydrogen-bond acceptors (Lipinski definition) is 7. The Balaban J connectivity index is 1.85. The molecule has 0 amide bonds. The summed E-state index contributed by atoms with van der Waals surface area (Å²) in [5.74, 6) is 0.252. The number of ketones is 1. The van der Waals surface area contributed by atoms with Gasteiger partial charge in [0.05, 0.1) is 17.7 Å². The summed E-state index contributed by atoms with van der Waals surface area (Å²) in [6.07, 6.45) is 0. The molecule has 0 unspecified atom stereocenters. The zero-order valence-electron chi connectivity index (χ0n) is 19.0. The van der Waals surface area contributed by atoms with Crippen molar-refractivity contribution in [1.82, 2.24) is 0 Å². The molecule has 3 aromatic carbocycles. The molecule has 0 aliphatic heterocycles. The largest absolute Gasteiger partial charge is 0.497 e. The summed E-state index contributed by atoms with van der Waals surface area (Å²) in [5, 5.41) is 3.45. The van der Waals surface area contributed by atoms with E-state index in [2.05, 4.69) is 5.32 Å². The van der Waals surface area contributed by atoms with Crippen molar-refractivity contribution < 1.29 is 17.9 Å². The number of sulfone groups is 1. The van der Waals surface area contributed by atoms with Gasteiger partial charge < -0.3 is 15.8 Å². The number of aryl methyl sites for hydroxylation is 2. The predicted molar refractivity (Wildman–Crippen MR) is 136 cm³/mol. The summed E-state index contributed by atoms with van der Waals surface area (Å²) in [4.78, 5) is 13.5. The van der Waals surface area contributed by atoms with Gasteiger partial charge in [-0.2, -0.15) is 0 Å². The van der Waals surface area contributed by atoms with E-state index in [1.807, 2.05) is 38.1 Å². The second-order valence-corrected chi connectivity index (χ2v) is 10.8. The van der Waals surface area contributed by atoms with E-state index in [0.717, 1.165) is 22.5 Å². The number of ether oxygens (including phenoxy) is 1. The average Bonchev–Trinajstić information content (AvgIpc) is 3.16. The van der Waals surface area contributed by atoms with Gasteiger partial charge in [-0.05, 0) is 62.4 Å². The number of carbonyl (C=O) groups is 1. The molecule has 0 aliphatic carbocycles. The summed E-state index contributed by atoms with van der Waals surface area (Å²) in [7, 11) is -2.46. The highest BCUT2D eigenvalue weighted by Gasteiger charge is 2.31. The molecular weight excluding hydrogens is 468 g/mol. The van der Waals surface area contributed by atoms with Gasteiger partial charge in [0.15, 0.2) is 0 Å². The highest BCUT2D eigenvalue weighted by Crippen LogP contribution is 2.44. The molecule has 0 bridgehead atoms. The third-order valence-corrected chi connectivity index (χ3v) is 8.47. The van der Waals surface area contributed by atoms with E-state index in [1.165, 1.54) is 0 Å². The van der Waals surface area contributed by atoms with Crippen LogP contribution in [-0.2, 0) is 9.84 Å². The standard InChI is InChI=1S/C26H24N2O4S2/c1-16-4-10-19(11-5-16)28-26-25(34(30,31)21-14-6-17(2)7-15-21)22(27)24(33-26)23(29)18-8-12-20(32-3)13-9-18/h4-15,28H,27H2,1-3H3. The molecule has 8 heteroatoms. The van der Waals surface area contributed by atoms with Crippen LogP contribution in [0.4, 0.5) is 16.4 Å². The quantitative estimate of drug-likeness (QED) is 0.318. The molecule has 4 rings (SSSR count). The number of hydrogen-bond donors (Lipinski definition) is 2. The second kappa shape index (κ2) is 9.32. The highest BCUT2D eigenvalue weighted by molar-refractivity contribution is 7.92. The number of carbonyl (C=O) groups excluding carboxylic acids is 1. The molecule has 0 radical (unpaired) electrons. The summed E-state index contributed by atoms with van der Waals surface area (Å²) in [5.41, 5.74) is 9.39. The van der Waals surface area contributed by atoms with Gasteiger partial charge in [0.25, 0.3) is 0 Å². The molecule has 0 saturated heterocycles. The Hall–Kier alpha value is -3.62. The fourth-order valence-corrected chi connectivity index (χ4v) is 6.36. The van der Waals surface area contributed by atoms with Gasteiger partial charge in [-0.3, -0.25) is 4.79 Å². The summed E-state index contributed by atoms with van der Waals surface area (Å²) < 4.78 is 32.4. The fraction of sp³-hybridized carbons (Fsp3) is 0.115. The van der Waals surface area contributed by atoms with Crippen molar-refractivity contribution in [1.29, 1.82) is 0 Å². The van der Waals surface area contributed by atoms with Gasteiger partial charge in [0, 0.05) is 11.3 Å². The van der Waals surface area contributed by atoms with Crippen molar-refractivity contribution in [3.05, 3.63) is 94.4 Å². The second-order valence-electron chi connectivity index (χ2n) is 7.87. The van der Waals surface area contributed by atoms with Crippen molar-refractivity contribution in [3.8, 4) is 5.75 Å². The van der Waals surface area contributed by atoms with Crippen molar-refractivity contribution in [2.24, 2.45) is 0 Å². The van der Waals surface area contributed by atoms with E-state index < -0.39 is 9.84 Å². The van der Waals surface area contributed by atoms with Crippen molar-refractivity contribution in [3.63, 3.8) is 0 Å². The van der Waals surface area contributed by atoms with E-state index in [4.69, 9.17) is 10.5 Å². The Morgan fingerprint density at radius 2 is 1.44 bits per heavy atom. The number of thiophene rings is 1. The lowest BCUT2D eigenvalue weighted by Crippen LogP contribution is -2.08. The monoisotopic (exact) mass is 492 g/mol. The van der Waals surface area contributed by atoms with Crippen molar-refractivity contribution in [2.45, 2.75) is 23.6 Å². The van der Waals surface area contributed by atoms with E-state index in [1.54, 1.807) is 55.6 Å². The molecule has 0 aliphatic rings. The normalized spacial score (nSPS) is 11.3. The van der Waals surface area contributed by atoms with E-state index in [0.29, 0.717) is 22.0 Å². The maximum absolute atomic E-state index is 13.6. The molecule has 0 spiro atoms. The first-order valence-corrected chi connectivity index (χ1v) is 12.8. The van der Waals surface area contributed by atoms with Crippen LogP contribution in [0.2, 0.25) is 0 Å². The third-order valence-electron chi connectivity index (χ3n) is 5.37. The highest BCUT2D eigenvalue weighted by atomic mass is 32.2. The van der Waals surface area contributed by atoms with Crippen LogP contribution in [0, 0.1) is 13.8 Å². The number of anilines is 3. The Labute approximate surface area is 202 Å². The van der Waals surface area contributed by atoms with Crippen molar-refractivity contribution >= 4 is 43.3 Å². The molecule has 4 aromatic rings. The van der Waals surface area contributed by atoms with E-state index in [-0.39, 0.29) is 26.1 Å². The van der Waals surface area contributed by atoms with Crippen LogP contribution >= 0.6 is 11.3 Å². The first-order valence-electron chi connectivity index (χ1n) is 10.5. The third kappa shape index (κ3) is 4.55. The van der Waals surface area contributed by atoms with Crippen LogP contribution in [0.3, 0.4) is 0 Å². The number of benzene rings is 3. The SMILES string of the molecule is COc1ccc(C(=O)c2sc(Nc3ccc(C)cc3)c(S(=O)(=O)c3ccc(C)cc3)c2N)cc1.